The molecule has 0 saturated heterocycles. The van der Waals surface area contributed by atoms with Crippen LogP contribution in [-0.2, 0) is 16.1 Å². The SMILES string of the molecule is O=C(O)[C@H]1[C@H](C(=O)N(Cc2cccs2)C2CCCC2)[C@H]2C=C[C@@H]1C2. The summed E-state index contributed by atoms with van der Waals surface area (Å²) in [4.78, 5) is 28.4. The first kappa shape index (κ1) is 15.9. The van der Waals surface area contributed by atoms with Gasteiger partial charge < -0.3 is 10.0 Å². The third-order valence-electron chi connectivity index (χ3n) is 5.98. The number of nitrogens with zero attached hydrogens (tertiary/aromatic N) is 1. The van der Waals surface area contributed by atoms with Crippen LogP contribution in [0.15, 0.2) is 29.7 Å². The highest BCUT2D eigenvalue weighted by molar-refractivity contribution is 7.09. The predicted molar refractivity (Wildman–Crippen MR) is 92.5 cm³/mol. The van der Waals surface area contributed by atoms with E-state index in [0.717, 1.165) is 32.1 Å². The van der Waals surface area contributed by atoms with Crippen LogP contribution in [0, 0.1) is 23.7 Å². The standard InChI is InChI=1S/C19H23NO3S/c21-18(16-12-7-8-13(10-12)17(16)19(22)23)20(14-4-1-2-5-14)11-15-6-3-9-24-15/h3,6-9,12-14,16-17H,1-2,4-5,10-11H2,(H,22,23)/t12-,13+,16+,17+/m0/s1. The summed E-state index contributed by atoms with van der Waals surface area (Å²) in [7, 11) is 0. The summed E-state index contributed by atoms with van der Waals surface area (Å²) < 4.78 is 0. The maximum Gasteiger partial charge on any atom is 0.307 e. The number of hydrogen-bond acceptors (Lipinski definition) is 3. The van der Waals surface area contributed by atoms with E-state index in [1.54, 1.807) is 11.3 Å². The minimum Gasteiger partial charge on any atom is -0.481 e. The van der Waals surface area contributed by atoms with E-state index in [-0.39, 0.29) is 29.7 Å². The highest BCUT2D eigenvalue weighted by atomic mass is 32.1. The number of carboxylic acid groups (broad SMARTS) is 1. The van der Waals surface area contributed by atoms with Gasteiger partial charge in [0.25, 0.3) is 0 Å². The van der Waals surface area contributed by atoms with Gasteiger partial charge in [-0.2, -0.15) is 0 Å². The summed E-state index contributed by atoms with van der Waals surface area (Å²) in [6.07, 6.45) is 9.33. The van der Waals surface area contributed by atoms with Gasteiger partial charge in [-0.25, -0.2) is 0 Å². The molecule has 0 unspecified atom stereocenters. The number of hydrogen-bond donors (Lipinski definition) is 1. The molecule has 2 fully saturated rings. The van der Waals surface area contributed by atoms with Crippen molar-refractivity contribution >= 4 is 23.2 Å². The van der Waals surface area contributed by atoms with Crippen LogP contribution < -0.4 is 0 Å². The van der Waals surface area contributed by atoms with Gasteiger partial charge >= 0.3 is 5.97 Å². The van der Waals surface area contributed by atoms with Gasteiger partial charge in [0.1, 0.15) is 0 Å². The van der Waals surface area contributed by atoms with E-state index in [2.05, 4.69) is 12.1 Å². The van der Waals surface area contributed by atoms with E-state index in [1.165, 1.54) is 4.88 Å². The van der Waals surface area contributed by atoms with Crippen LogP contribution in [-0.4, -0.2) is 27.9 Å². The number of carbonyl (C=O) groups excluding carboxylic acids is 1. The lowest BCUT2D eigenvalue weighted by molar-refractivity contribution is -0.152. The second kappa shape index (κ2) is 6.36. The highest BCUT2D eigenvalue weighted by Gasteiger charge is 2.53. The minimum atomic E-state index is -0.812. The van der Waals surface area contributed by atoms with Gasteiger partial charge in [0, 0.05) is 10.9 Å². The highest BCUT2D eigenvalue weighted by Crippen LogP contribution is 2.49. The quantitative estimate of drug-likeness (QED) is 0.831. The lowest BCUT2D eigenvalue weighted by atomic mass is 9.81. The fraction of sp³-hybridized carbons (Fsp3) is 0.579. The Balaban J connectivity index is 1.60. The third kappa shape index (κ3) is 2.69. The summed E-state index contributed by atoms with van der Waals surface area (Å²) >= 11 is 1.67. The van der Waals surface area contributed by atoms with Crippen molar-refractivity contribution < 1.29 is 14.7 Å². The number of rotatable bonds is 5. The molecule has 5 heteroatoms. The van der Waals surface area contributed by atoms with Crippen molar-refractivity contribution in [3.63, 3.8) is 0 Å². The number of thiophene rings is 1. The largest absolute Gasteiger partial charge is 0.481 e. The van der Waals surface area contributed by atoms with E-state index in [1.807, 2.05) is 22.4 Å². The van der Waals surface area contributed by atoms with Crippen molar-refractivity contribution in [1.29, 1.82) is 0 Å². The Bertz CT molecular complexity index is 648. The molecule has 0 spiro atoms. The normalized spacial score (nSPS) is 31.7. The van der Waals surface area contributed by atoms with Crippen LogP contribution >= 0.6 is 11.3 Å². The molecule has 3 aliphatic rings. The maximum absolute atomic E-state index is 13.4. The molecule has 2 bridgehead atoms. The molecule has 4 atom stereocenters. The third-order valence-corrected chi connectivity index (χ3v) is 6.85. The Morgan fingerprint density at radius 1 is 1.17 bits per heavy atom. The Morgan fingerprint density at radius 2 is 1.88 bits per heavy atom. The topological polar surface area (TPSA) is 57.6 Å². The predicted octanol–water partition coefficient (Wildman–Crippen LogP) is 3.54. The van der Waals surface area contributed by atoms with Crippen LogP contribution in [0.25, 0.3) is 0 Å². The molecule has 3 aliphatic carbocycles. The van der Waals surface area contributed by atoms with Gasteiger partial charge in [-0.05, 0) is 42.5 Å². The van der Waals surface area contributed by atoms with Crippen molar-refractivity contribution in [3.05, 3.63) is 34.5 Å². The Morgan fingerprint density at radius 3 is 2.50 bits per heavy atom. The first-order chi connectivity index (χ1) is 11.6. The fourth-order valence-electron chi connectivity index (χ4n) is 4.86. The summed E-state index contributed by atoms with van der Waals surface area (Å²) in [5.41, 5.74) is 0. The zero-order valence-corrected chi connectivity index (χ0v) is 14.5. The lowest BCUT2D eigenvalue weighted by Gasteiger charge is -2.34. The molecule has 0 aromatic carbocycles. The molecule has 2 saturated carbocycles. The number of carbonyl (C=O) groups is 2. The molecule has 1 aromatic heterocycles. The average Bonchev–Trinajstić information content (AvgIpc) is 3.36. The fourth-order valence-corrected chi connectivity index (χ4v) is 5.56. The molecule has 0 radical (unpaired) electrons. The summed E-state index contributed by atoms with van der Waals surface area (Å²) in [5, 5.41) is 11.7. The van der Waals surface area contributed by atoms with Crippen molar-refractivity contribution in [2.75, 3.05) is 0 Å². The molecule has 0 aliphatic heterocycles. The van der Waals surface area contributed by atoms with Crippen molar-refractivity contribution in [2.45, 2.75) is 44.7 Å². The molecule has 4 nitrogen and oxygen atoms in total. The van der Waals surface area contributed by atoms with E-state index in [9.17, 15) is 14.7 Å². The number of fused-ring (bicyclic) bond motifs is 2. The van der Waals surface area contributed by atoms with Gasteiger partial charge in [-0.15, -0.1) is 11.3 Å². The molecule has 1 amide bonds. The summed E-state index contributed by atoms with van der Waals surface area (Å²) in [6, 6.07) is 4.35. The lowest BCUT2D eigenvalue weighted by Crippen LogP contribution is -2.46. The minimum absolute atomic E-state index is 0.0358. The summed E-state index contributed by atoms with van der Waals surface area (Å²) in [6.45, 7) is 0.630. The smallest absolute Gasteiger partial charge is 0.307 e. The molecular weight excluding hydrogens is 322 g/mol. The van der Waals surface area contributed by atoms with E-state index in [0.29, 0.717) is 6.54 Å². The average molecular weight is 345 g/mol. The van der Waals surface area contributed by atoms with Crippen LogP contribution in [0.1, 0.15) is 37.0 Å². The summed E-state index contributed by atoms with van der Waals surface area (Å²) in [5.74, 6) is -1.52. The van der Waals surface area contributed by atoms with Gasteiger partial charge in [0.15, 0.2) is 0 Å². The number of aliphatic carboxylic acids is 1. The van der Waals surface area contributed by atoms with Gasteiger partial charge in [-0.3, -0.25) is 9.59 Å². The Kier molecular flexibility index (Phi) is 4.21. The van der Waals surface area contributed by atoms with E-state index in [4.69, 9.17) is 0 Å². The molecule has 24 heavy (non-hydrogen) atoms. The second-order valence-corrected chi connectivity index (χ2v) is 8.35. The molecule has 4 rings (SSSR count). The first-order valence-electron chi connectivity index (χ1n) is 8.89. The molecule has 1 aromatic rings. The zero-order chi connectivity index (χ0) is 16.7. The monoisotopic (exact) mass is 345 g/mol. The van der Waals surface area contributed by atoms with Crippen molar-refractivity contribution in [2.24, 2.45) is 23.7 Å². The van der Waals surface area contributed by atoms with Crippen LogP contribution in [0.4, 0.5) is 0 Å². The van der Waals surface area contributed by atoms with E-state index < -0.39 is 11.9 Å². The molecule has 1 heterocycles. The van der Waals surface area contributed by atoms with Gasteiger partial charge in [0.2, 0.25) is 5.91 Å². The first-order valence-corrected chi connectivity index (χ1v) is 9.77. The molecular formula is C19H23NO3S. The van der Waals surface area contributed by atoms with Crippen molar-refractivity contribution in [3.8, 4) is 0 Å². The second-order valence-electron chi connectivity index (χ2n) is 7.32. The zero-order valence-electron chi connectivity index (χ0n) is 13.6. The van der Waals surface area contributed by atoms with Gasteiger partial charge in [-0.1, -0.05) is 31.1 Å². The molecule has 128 valence electrons. The van der Waals surface area contributed by atoms with Crippen LogP contribution in [0.3, 0.4) is 0 Å². The Labute approximate surface area is 146 Å². The van der Waals surface area contributed by atoms with Crippen LogP contribution in [0.5, 0.6) is 0 Å². The van der Waals surface area contributed by atoms with Crippen molar-refractivity contribution in [1.82, 2.24) is 4.90 Å². The number of carboxylic acids is 1. The van der Waals surface area contributed by atoms with E-state index >= 15 is 0 Å². The number of allylic oxidation sites excluding steroid dienone is 2. The van der Waals surface area contributed by atoms with Crippen LogP contribution in [0.2, 0.25) is 0 Å². The number of amides is 1. The molecule has 1 N–H and O–H groups in total. The van der Waals surface area contributed by atoms with Gasteiger partial charge in [0.05, 0.1) is 18.4 Å². The Hall–Kier alpha value is -1.62. The maximum atomic E-state index is 13.4.